The summed E-state index contributed by atoms with van der Waals surface area (Å²) in [6.45, 7) is 2.79. The molecule has 1 atom stereocenters. The van der Waals surface area contributed by atoms with Crippen LogP contribution in [-0.2, 0) is 13.0 Å². The lowest BCUT2D eigenvalue weighted by Gasteiger charge is -2.13. The minimum atomic E-state index is 0.248. The largest absolute Gasteiger partial charge is 0.496 e. The number of hydrogen-bond acceptors (Lipinski definition) is 3. The summed E-state index contributed by atoms with van der Waals surface area (Å²) in [6, 6.07) is 12.3. The van der Waals surface area contributed by atoms with Gasteiger partial charge in [-0.25, -0.2) is 0 Å². The molecule has 1 aliphatic rings. The molecule has 0 aromatic heterocycles. The van der Waals surface area contributed by atoms with Crippen LogP contribution in [0.4, 0.5) is 5.69 Å². The van der Waals surface area contributed by atoms with Crippen LogP contribution in [0.3, 0.4) is 0 Å². The standard InChI is InChI=1S/C17H18BrNO2/c1-11-6-12-7-16(20-2)13(8-17(12)21-11)10-19-15-5-3-4-14(18)9-15/h3-5,7-9,11,19H,6,10H2,1-2H3. The number of rotatable bonds is 4. The van der Waals surface area contributed by atoms with Crippen LogP contribution in [0.25, 0.3) is 0 Å². The SMILES string of the molecule is COc1cc2c(cc1CNc1cccc(Br)c1)OC(C)C2. The van der Waals surface area contributed by atoms with Crippen LogP contribution >= 0.6 is 15.9 Å². The van der Waals surface area contributed by atoms with Gasteiger partial charge in [-0.1, -0.05) is 22.0 Å². The third-order valence-electron chi connectivity index (χ3n) is 3.61. The predicted octanol–water partition coefficient (Wildman–Crippen LogP) is 4.39. The average molecular weight is 348 g/mol. The Morgan fingerprint density at radius 2 is 2.19 bits per heavy atom. The van der Waals surface area contributed by atoms with Crippen molar-refractivity contribution < 1.29 is 9.47 Å². The third-order valence-corrected chi connectivity index (χ3v) is 4.10. The van der Waals surface area contributed by atoms with Gasteiger partial charge in [0.15, 0.2) is 0 Å². The normalized spacial score (nSPS) is 16.2. The van der Waals surface area contributed by atoms with Crippen molar-refractivity contribution in [2.75, 3.05) is 12.4 Å². The molecule has 1 unspecified atom stereocenters. The minimum absolute atomic E-state index is 0.248. The summed E-state index contributed by atoms with van der Waals surface area (Å²) >= 11 is 3.48. The highest BCUT2D eigenvalue weighted by atomic mass is 79.9. The summed E-state index contributed by atoms with van der Waals surface area (Å²) in [7, 11) is 1.71. The molecule has 110 valence electrons. The smallest absolute Gasteiger partial charge is 0.124 e. The molecule has 2 aromatic carbocycles. The highest BCUT2D eigenvalue weighted by molar-refractivity contribution is 9.10. The van der Waals surface area contributed by atoms with Crippen LogP contribution in [0.5, 0.6) is 11.5 Å². The fraction of sp³-hybridized carbons (Fsp3) is 0.294. The fourth-order valence-corrected chi connectivity index (χ4v) is 3.00. The summed E-state index contributed by atoms with van der Waals surface area (Å²) in [5, 5.41) is 3.41. The number of benzene rings is 2. The maximum absolute atomic E-state index is 5.83. The van der Waals surface area contributed by atoms with Gasteiger partial charge < -0.3 is 14.8 Å². The van der Waals surface area contributed by atoms with Gasteiger partial charge in [-0.05, 0) is 37.3 Å². The van der Waals surface area contributed by atoms with E-state index in [0.717, 1.165) is 33.6 Å². The Labute approximate surface area is 133 Å². The van der Waals surface area contributed by atoms with Crippen LogP contribution in [-0.4, -0.2) is 13.2 Å². The molecule has 4 heteroatoms. The first-order valence-corrected chi connectivity index (χ1v) is 7.81. The van der Waals surface area contributed by atoms with Crippen molar-refractivity contribution in [3.05, 3.63) is 52.0 Å². The van der Waals surface area contributed by atoms with Crippen molar-refractivity contribution in [1.82, 2.24) is 0 Å². The zero-order valence-corrected chi connectivity index (χ0v) is 13.7. The Morgan fingerprint density at radius 3 is 2.95 bits per heavy atom. The molecule has 3 nitrogen and oxygen atoms in total. The van der Waals surface area contributed by atoms with Gasteiger partial charge in [0, 0.05) is 34.3 Å². The van der Waals surface area contributed by atoms with E-state index in [1.807, 2.05) is 18.2 Å². The van der Waals surface area contributed by atoms with E-state index in [2.05, 4.69) is 46.4 Å². The number of fused-ring (bicyclic) bond motifs is 1. The summed E-state index contributed by atoms with van der Waals surface area (Å²) in [4.78, 5) is 0. The molecule has 0 fully saturated rings. The number of anilines is 1. The molecule has 0 spiro atoms. The second-order valence-electron chi connectivity index (χ2n) is 5.27. The lowest BCUT2D eigenvalue weighted by atomic mass is 10.1. The first kappa shape index (κ1) is 14.3. The van der Waals surface area contributed by atoms with Gasteiger partial charge in [0.25, 0.3) is 0 Å². The summed E-state index contributed by atoms with van der Waals surface area (Å²) in [5.74, 6) is 1.89. The van der Waals surface area contributed by atoms with Crippen molar-refractivity contribution in [1.29, 1.82) is 0 Å². The molecule has 1 N–H and O–H groups in total. The van der Waals surface area contributed by atoms with Crippen molar-refractivity contribution in [3.8, 4) is 11.5 Å². The molecule has 0 saturated heterocycles. The van der Waals surface area contributed by atoms with Crippen LogP contribution in [0, 0.1) is 0 Å². The summed E-state index contributed by atoms with van der Waals surface area (Å²) in [6.07, 6.45) is 1.20. The van der Waals surface area contributed by atoms with Crippen LogP contribution in [0.2, 0.25) is 0 Å². The lowest BCUT2D eigenvalue weighted by molar-refractivity contribution is 0.254. The molecule has 0 radical (unpaired) electrons. The molecule has 1 aliphatic heterocycles. The Bertz CT molecular complexity index is 657. The quantitative estimate of drug-likeness (QED) is 0.889. The number of nitrogens with one attached hydrogen (secondary N) is 1. The number of hydrogen-bond donors (Lipinski definition) is 1. The Balaban J connectivity index is 1.80. The zero-order chi connectivity index (χ0) is 14.8. The van der Waals surface area contributed by atoms with Crippen LogP contribution in [0.1, 0.15) is 18.1 Å². The second kappa shape index (κ2) is 5.98. The monoisotopic (exact) mass is 347 g/mol. The molecule has 0 aliphatic carbocycles. The summed E-state index contributed by atoms with van der Waals surface area (Å²) < 4.78 is 12.4. The topological polar surface area (TPSA) is 30.5 Å². The first-order chi connectivity index (χ1) is 10.2. The fourth-order valence-electron chi connectivity index (χ4n) is 2.61. The average Bonchev–Trinajstić information content (AvgIpc) is 2.83. The molecular weight excluding hydrogens is 330 g/mol. The summed E-state index contributed by atoms with van der Waals surface area (Å²) in [5.41, 5.74) is 3.40. The van der Waals surface area contributed by atoms with Gasteiger partial charge in [0.1, 0.15) is 17.6 Å². The highest BCUT2D eigenvalue weighted by Gasteiger charge is 2.21. The molecule has 2 aromatic rings. The van der Waals surface area contributed by atoms with E-state index in [-0.39, 0.29) is 6.10 Å². The van der Waals surface area contributed by atoms with E-state index < -0.39 is 0 Å². The molecular formula is C17H18BrNO2. The van der Waals surface area contributed by atoms with E-state index in [1.165, 1.54) is 5.56 Å². The van der Waals surface area contributed by atoms with Crippen molar-refractivity contribution in [3.63, 3.8) is 0 Å². The Morgan fingerprint density at radius 1 is 1.33 bits per heavy atom. The number of halogens is 1. The molecule has 21 heavy (non-hydrogen) atoms. The number of ether oxygens (including phenoxy) is 2. The van der Waals surface area contributed by atoms with Gasteiger partial charge in [0.05, 0.1) is 7.11 Å². The van der Waals surface area contributed by atoms with Gasteiger partial charge in [0.2, 0.25) is 0 Å². The van der Waals surface area contributed by atoms with Crippen molar-refractivity contribution >= 4 is 21.6 Å². The van der Waals surface area contributed by atoms with Gasteiger partial charge in [-0.15, -0.1) is 0 Å². The number of methoxy groups -OCH3 is 1. The second-order valence-corrected chi connectivity index (χ2v) is 6.18. The Hall–Kier alpha value is -1.68. The maximum atomic E-state index is 5.83. The van der Waals surface area contributed by atoms with Crippen LogP contribution < -0.4 is 14.8 Å². The molecule has 0 amide bonds. The van der Waals surface area contributed by atoms with E-state index in [9.17, 15) is 0 Å². The molecule has 0 saturated carbocycles. The third kappa shape index (κ3) is 3.16. The maximum Gasteiger partial charge on any atom is 0.124 e. The molecule has 1 heterocycles. The highest BCUT2D eigenvalue weighted by Crippen LogP contribution is 2.35. The minimum Gasteiger partial charge on any atom is -0.496 e. The van der Waals surface area contributed by atoms with E-state index >= 15 is 0 Å². The predicted molar refractivity (Wildman–Crippen MR) is 88.3 cm³/mol. The van der Waals surface area contributed by atoms with Gasteiger partial charge >= 0.3 is 0 Å². The Kier molecular flexibility index (Phi) is 4.06. The van der Waals surface area contributed by atoms with Gasteiger partial charge in [-0.3, -0.25) is 0 Å². The zero-order valence-electron chi connectivity index (χ0n) is 12.2. The van der Waals surface area contributed by atoms with Crippen molar-refractivity contribution in [2.45, 2.75) is 26.0 Å². The lowest BCUT2D eigenvalue weighted by Crippen LogP contribution is -2.05. The van der Waals surface area contributed by atoms with E-state index in [0.29, 0.717) is 6.54 Å². The first-order valence-electron chi connectivity index (χ1n) is 7.01. The van der Waals surface area contributed by atoms with E-state index in [1.54, 1.807) is 7.11 Å². The van der Waals surface area contributed by atoms with Crippen LogP contribution in [0.15, 0.2) is 40.9 Å². The van der Waals surface area contributed by atoms with Crippen molar-refractivity contribution in [2.24, 2.45) is 0 Å². The molecule has 3 rings (SSSR count). The molecule has 0 bridgehead atoms. The van der Waals surface area contributed by atoms with E-state index in [4.69, 9.17) is 9.47 Å². The van der Waals surface area contributed by atoms with Gasteiger partial charge in [-0.2, -0.15) is 0 Å².